The Hall–Kier alpha value is -3.14. The molecule has 2 heterocycles. The number of rotatable bonds is 9. The first-order valence-electron chi connectivity index (χ1n) is 11.0. The Morgan fingerprint density at radius 3 is 2.23 bits per heavy atom. The van der Waals surface area contributed by atoms with Gasteiger partial charge in [0, 0.05) is 23.9 Å². The lowest BCUT2D eigenvalue weighted by Gasteiger charge is -2.14. The lowest BCUT2D eigenvalue weighted by molar-refractivity contribution is 0.562. The molecule has 0 aliphatic heterocycles. The molecule has 0 fully saturated rings. The topological polar surface area (TPSA) is 46.5 Å². The van der Waals surface area contributed by atoms with Crippen LogP contribution >= 0.6 is 0 Å². The third-order valence-electron chi connectivity index (χ3n) is 5.64. The summed E-state index contributed by atoms with van der Waals surface area (Å²) in [4.78, 5) is 5.07. The first-order chi connectivity index (χ1) is 14.8. The van der Waals surface area contributed by atoms with Crippen LogP contribution in [-0.2, 0) is 6.54 Å². The maximum Gasteiger partial charge on any atom is 0.141 e. The van der Waals surface area contributed by atoms with E-state index in [1.54, 1.807) is 0 Å². The molecule has 0 atom stereocenters. The van der Waals surface area contributed by atoms with E-state index in [2.05, 4.69) is 89.4 Å². The fourth-order valence-electron chi connectivity index (χ4n) is 4.22. The van der Waals surface area contributed by atoms with Gasteiger partial charge in [-0.3, -0.25) is 5.10 Å². The van der Waals surface area contributed by atoms with Crippen molar-refractivity contribution in [1.29, 1.82) is 0 Å². The summed E-state index contributed by atoms with van der Waals surface area (Å²) >= 11 is 0. The van der Waals surface area contributed by atoms with Crippen LogP contribution in [0, 0.1) is 0 Å². The zero-order valence-corrected chi connectivity index (χ0v) is 17.9. The molecule has 0 aliphatic rings. The molecule has 4 nitrogen and oxygen atoms in total. The van der Waals surface area contributed by atoms with Crippen LogP contribution in [0.25, 0.3) is 22.8 Å². The number of hydrogen-bond acceptors (Lipinski definition) is 2. The molecule has 0 unspecified atom stereocenters. The van der Waals surface area contributed by atoms with E-state index in [9.17, 15) is 0 Å². The molecule has 30 heavy (non-hydrogen) atoms. The maximum absolute atomic E-state index is 5.07. The van der Waals surface area contributed by atoms with Gasteiger partial charge in [0.2, 0.25) is 0 Å². The van der Waals surface area contributed by atoms with Crippen LogP contribution in [-0.4, -0.2) is 19.7 Å². The number of H-pyrrole nitrogens is 1. The predicted molar refractivity (Wildman–Crippen MR) is 123 cm³/mol. The van der Waals surface area contributed by atoms with E-state index in [-0.39, 0.29) is 0 Å². The SMILES string of the molecule is CCCC(CCC)c1cn[nH]c1-c1cn(Cc2ccccc2)c(-c2ccccc2)n1. The highest BCUT2D eigenvalue weighted by molar-refractivity contribution is 5.65. The number of hydrogen-bond donors (Lipinski definition) is 1. The van der Waals surface area contributed by atoms with Gasteiger partial charge in [0.05, 0.1) is 11.9 Å². The fourth-order valence-corrected chi connectivity index (χ4v) is 4.22. The van der Waals surface area contributed by atoms with Crippen LogP contribution in [0.2, 0.25) is 0 Å². The van der Waals surface area contributed by atoms with Crippen molar-refractivity contribution < 1.29 is 0 Å². The molecule has 0 spiro atoms. The first kappa shape index (κ1) is 20.1. The van der Waals surface area contributed by atoms with Gasteiger partial charge in [-0.1, -0.05) is 87.4 Å². The Morgan fingerprint density at radius 1 is 0.900 bits per heavy atom. The molecule has 0 aliphatic carbocycles. The second kappa shape index (κ2) is 9.57. The zero-order valence-electron chi connectivity index (χ0n) is 17.9. The lowest BCUT2D eigenvalue weighted by atomic mass is 9.90. The van der Waals surface area contributed by atoms with Crippen LogP contribution in [0.5, 0.6) is 0 Å². The Labute approximate surface area is 179 Å². The van der Waals surface area contributed by atoms with Gasteiger partial charge in [-0.25, -0.2) is 4.98 Å². The molecule has 0 radical (unpaired) electrons. The zero-order chi connectivity index (χ0) is 20.8. The minimum Gasteiger partial charge on any atom is -0.326 e. The van der Waals surface area contributed by atoms with Gasteiger partial charge >= 0.3 is 0 Å². The summed E-state index contributed by atoms with van der Waals surface area (Å²) in [5.41, 5.74) is 5.71. The van der Waals surface area contributed by atoms with Gasteiger partial charge in [0.15, 0.2) is 0 Å². The van der Waals surface area contributed by atoms with E-state index >= 15 is 0 Å². The van der Waals surface area contributed by atoms with Crippen molar-refractivity contribution in [1.82, 2.24) is 19.7 Å². The summed E-state index contributed by atoms with van der Waals surface area (Å²) < 4.78 is 2.25. The third kappa shape index (κ3) is 4.38. The lowest BCUT2D eigenvalue weighted by Crippen LogP contribution is -2.00. The highest BCUT2D eigenvalue weighted by Crippen LogP contribution is 2.34. The summed E-state index contributed by atoms with van der Waals surface area (Å²) in [5.74, 6) is 1.51. The standard InChI is InChI=1S/C26H30N4/c1-3-11-21(12-4-2)23-17-27-29-25(23)24-19-30(18-20-13-7-5-8-14-20)26(28-24)22-15-9-6-10-16-22/h5-10,13-17,19,21H,3-4,11-12,18H2,1-2H3,(H,27,29). The average molecular weight is 399 g/mol. The van der Waals surface area contributed by atoms with Gasteiger partial charge in [-0.2, -0.15) is 5.10 Å². The number of aromatic amines is 1. The quantitative estimate of drug-likeness (QED) is 0.342. The normalized spacial score (nSPS) is 11.3. The van der Waals surface area contributed by atoms with Crippen molar-refractivity contribution in [2.24, 2.45) is 0 Å². The molecular formula is C26H30N4. The summed E-state index contributed by atoms with van der Waals surface area (Å²) in [6.45, 7) is 5.30. The highest BCUT2D eigenvalue weighted by atomic mass is 15.1. The van der Waals surface area contributed by atoms with Gasteiger partial charge in [0.25, 0.3) is 0 Å². The molecule has 0 saturated carbocycles. The summed E-state index contributed by atoms with van der Waals surface area (Å²) in [7, 11) is 0. The minimum absolute atomic E-state index is 0.521. The van der Waals surface area contributed by atoms with Crippen molar-refractivity contribution in [3.8, 4) is 22.8 Å². The van der Waals surface area contributed by atoms with Crippen LogP contribution in [0.3, 0.4) is 0 Å². The molecule has 1 N–H and O–H groups in total. The van der Waals surface area contributed by atoms with E-state index in [4.69, 9.17) is 4.98 Å². The van der Waals surface area contributed by atoms with Gasteiger partial charge in [-0.15, -0.1) is 0 Å². The third-order valence-corrected chi connectivity index (χ3v) is 5.64. The first-order valence-corrected chi connectivity index (χ1v) is 11.0. The molecule has 4 aromatic rings. The Bertz CT molecular complexity index is 1040. The van der Waals surface area contributed by atoms with Crippen molar-refractivity contribution in [3.63, 3.8) is 0 Å². The summed E-state index contributed by atoms with van der Waals surface area (Å²) in [6.07, 6.45) is 8.87. The van der Waals surface area contributed by atoms with E-state index in [0.29, 0.717) is 5.92 Å². The van der Waals surface area contributed by atoms with Crippen molar-refractivity contribution in [2.45, 2.75) is 52.0 Å². The summed E-state index contributed by atoms with van der Waals surface area (Å²) in [6, 6.07) is 21.0. The molecule has 0 saturated heterocycles. The van der Waals surface area contributed by atoms with Gasteiger partial charge < -0.3 is 4.57 Å². The molecule has 0 amide bonds. The van der Waals surface area contributed by atoms with E-state index in [1.165, 1.54) is 36.8 Å². The Balaban J connectivity index is 1.76. The van der Waals surface area contributed by atoms with Crippen LogP contribution in [0.15, 0.2) is 73.1 Å². The van der Waals surface area contributed by atoms with Crippen LogP contribution in [0.1, 0.15) is 56.6 Å². The van der Waals surface area contributed by atoms with Crippen molar-refractivity contribution in [2.75, 3.05) is 0 Å². The Morgan fingerprint density at radius 2 is 1.57 bits per heavy atom. The predicted octanol–water partition coefficient (Wildman–Crippen LogP) is 6.67. The molecule has 2 aromatic carbocycles. The van der Waals surface area contributed by atoms with Crippen LogP contribution in [0.4, 0.5) is 0 Å². The number of benzene rings is 2. The Kier molecular flexibility index (Phi) is 6.43. The monoisotopic (exact) mass is 398 g/mol. The van der Waals surface area contributed by atoms with Crippen LogP contribution < -0.4 is 0 Å². The number of nitrogens with one attached hydrogen (secondary N) is 1. The molecule has 2 aromatic heterocycles. The van der Waals surface area contributed by atoms with Gasteiger partial charge in [-0.05, 0) is 24.3 Å². The number of imidazole rings is 1. The van der Waals surface area contributed by atoms with E-state index in [1.807, 2.05) is 12.3 Å². The largest absolute Gasteiger partial charge is 0.326 e. The second-order valence-corrected chi connectivity index (χ2v) is 7.90. The fraction of sp³-hybridized carbons (Fsp3) is 0.308. The maximum atomic E-state index is 5.07. The minimum atomic E-state index is 0.521. The molecule has 4 heteroatoms. The number of aromatic nitrogens is 4. The smallest absolute Gasteiger partial charge is 0.141 e. The highest BCUT2D eigenvalue weighted by Gasteiger charge is 2.20. The van der Waals surface area contributed by atoms with Crippen molar-refractivity contribution in [3.05, 3.63) is 84.2 Å². The molecule has 0 bridgehead atoms. The average Bonchev–Trinajstić information content (AvgIpc) is 3.42. The van der Waals surface area contributed by atoms with Gasteiger partial charge in [0.1, 0.15) is 11.5 Å². The molecule has 154 valence electrons. The van der Waals surface area contributed by atoms with Crippen molar-refractivity contribution >= 4 is 0 Å². The number of nitrogens with zero attached hydrogens (tertiary/aromatic N) is 3. The molecule has 4 rings (SSSR count). The second-order valence-electron chi connectivity index (χ2n) is 7.90. The summed E-state index contributed by atoms with van der Waals surface area (Å²) in [5, 5.41) is 7.65. The van der Waals surface area contributed by atoms with E-state index in [0.717, 1.165) is 29.3 Å². The molecular weight excluding hydrogens is 368 g/mol. The van der Waals surface area contributed by atoms with E-state index < -0.39 is 0 Å².